The van der Waals surface area contributed by atoms with Crippen LogP contribution in [0.5, 0.6) is 0 Å². The first-order chi connectivity index (χ1) is 12.8. The van der Waals surface area contributed by atoms with E-state index in [4.69, 9.17) is 11.6 Å². The second-order valence-corrected chi connectivity index (χ2v) is 7.45. The van der Waals surface area contributed by atoms with Gasteiger partial charge in [-0.2, -0.15) is 0 Å². The second-order valence-electron chi connectivity index (χ2n) is 6.22. The van der Waals surface area contributed by atoms with Crippen molar-refractivity contribution in [3.63, 3.8) is 0 Å². The van der Waals surface area contributed by atoms with Gasteiger partial charge in [0.15, 0.2) is 10.1 Å². The number of aryl methyl sites for hydroxylation is 3. The third kappa shape index (κ3) is 4.37. The quantitative estimate of drug-likeness (QED) is 0.638. The van der Waals surface area contributed by atoms with Gasteiger partial charge in [-0.05, 0) is 38.0 Å². The Labute approximate surface area is 165 Å². The van der Waals surface area contributed by atoms with Gasteiger partial charge in [0.1, 0.15) is 0 Å². The SMILES string of the molecule is Cc1cc(C)c(NC(=O)CNC(=O)/C=C/c2c(Cl)nc3sccn23)c(C)c1. The van der Waals surface area contributed by atoms with Gasteiger partial charge in [0, 0.05) is 23.3 Å². The highest BCUT2D eigenvalue weighted by molar-refractivity contribution is 7.15. The van der Waals surface area contributed by atoms with Crippen molar-refractivity contribution in [2.24, 2.45) is 0 Å². The molecule has 0 bridgehead atoms. The molecule has 3 rings (SSSR count). The van der Waals surface area contributed by atoms with Crippen molar-refractivity contribution in [3.8, 4) is 0 Å². The number of nitrogens with zero attached hydrogens (tertiary/aromatic N) is 2. The number of hydrogen-bond donors (Lipinski definition) is 2. The zero-order valence-electron chi connectivity index (χ0n) is 15.2. The number of imidazole rings is 1. The van der Waals surface area contributed by atoms with Crippen molar-refractivity contribution in [2.45, 2.75) is 20.8 Å². The molecule has 2 N–H and O–H groups in total. The molecular formula is C19H19ClN4O2S. The van der Waals surface area contributed by atoms with Crippen LogP contribution < -0.4 is 10.6 Å². The number of aromatic nitrogens is 2. The average Bonchev–Trinajstić information content (AvgIpc) is 3.15. The molecule has 0 saturated heterocycles. The Bertz CT molecular complexity index is 1030. The number of halogens is 1. The minimum absolute atomic E-state index is 0.121. The Morgan fingerprint density at radius 1 is 1.26 bits per heavy atom. The Balaban J connectivity index is 1.58. The van der Waals surface area contributed by atoms with Crippen LogP contribution in [-0.4, -0.2) is 27.7 Å². The van der Waals surface area contributed by atoms with Crippen molar-refractivity contribution >= 4 is 51.5 Å². The standard InChI is InChI=1S/C19H19ClN4O2S/c1-11-8-12(2)17(13(3)9-11)22-16(26)10-21-15(25)5-4-14-18(20)23-19-24(14)6-7-27-19/h4-9H,10H2,1-3H3,(H,21,25)(H,22,26)/b5-4+. The first-order valence-corrected chi connectivity index (χ1v) is 9.55. The molecule has 0 radical (unpaired) electrons. The van der Waals surface area contributed by atoms with E-state index in [1.165, 1.54) is 17.4 Å². The summed E-state index contributed by atoms with van der Waals surface area (Å²) in [5.41, 5.74) is 4.52. The zero-order valence-corrected chi connectivity index (χ0v) is 16.7. The number of hydrogen-bond acceptors (Lipinski definition) is 4. The van der Waals surface area contributed by atoms with Gasteiger partial charge in [-0.3, -0.25) is 14.0 Å². The highest BCUT2D eigenvalue weighted by Gasteiger charge is 2.11. The highest BCUT2D eigenvalue weighted by Crippen LogP contribution is 2.23. The molecule has 0 fully saturated rings. The minimum Gasteiger partial charge on any atom is -0.343 e. The lowest BCUT2D eigenvalue weighted by Gasteiger charge is -2.13. The fraction of sp³-hybridized carbons (Fsp3) is 0.211. The molecule has 0 atom stereocenters. The van der Waals surface area contributed by atoms with Gasteiger partial charge in [0.25, 0.3) is 0 Å². The summed E-state index contributed by atoms with van der Waals surface area (Å²) < 4.78 is 1.80. The van der Waals surface area contributed by atoms with Gasteiger partial charge in [0.05, 0.1) is 12.2 Å². The number of carbonyl (C=O) groups excluding carboxylic acids is 2. The molecule has 0 aliphatic heterocycles. The summed E-state index contributed by atoms with van der Waals surface area (Å²) in [5, 5.41) is 7.63. The molecule has 0 unspecified atom stereocenters. The van der Waals surface area contributed by atoms with Crippen molar-refractivity contribution in [1.29, 1.82) is 0 Å². The van der Waals surface area contributed by atoms with Crippen molar-refractivity contribution in [1.82, 2.24) is 14.7 Å². The third-order valence-electron chi connectivity index (χ3n) is 4.01. The number of carbonyl (C=O) groups is 2. The molecular weight excluding hydrogens is 384 g/mol. The summed E-state index contributed by atoms with van der Waals surface area (Å²) in [5.74, 6) is -0.668. The van der Waals surface area contributed by atoms with Crippen LogP contribution in [0.25, 0.3) is 11.0 Å². The van der Waals surface area contributed by atoms with Gasteiger partial charge < -0.3 is 10.6 Å². The maximum absolute atomic E-state index is 12.1. The maximum atomic E-state index is 12.1. The van der Waals surface area contributed by atoms with Crippen molar-refractivity contribution < 1.29 is 9.59 Å². The normalized spacial score (nSPS) is 11.3. The maximum Gasteiger partial charge on any atom is 0.244 e. The fourth-order valence-corrected chi connectivity index (χ4v) is 3.87. The number of thiazole rings is 1. The highest BCUT2D eigenvalue weighted by atomic mass is 35.5. The number of nitrogens with one attached hydrogen (secondary N) is 2. The predicted molar refractivity (Wildman–Crippen MR) is 109 cm³/mol. The largest absolute Gasteiger partial charge is 0.343 e. The number of anilines is 1. The molecule has 6 nitrogen and oxygen atoms in total. The van der Waals surface area contributed by atoms with E-state index in [0.29, 0.717) is 10.8 Å². The molecule has 0 aliphatic carbocycles. The first-order valence-electron chi connectivity index (χ1n) is 8.30. The summed E-state index contributed by atoms with van der Waals surface area (Å²) in [6.45, 7) is 5.77. The fourth-order valence-electron chi connectivity index (χ4n) is 2.87. The number of benzene rings is 1. The molecule has 2 aromatic heterocycles. The average molecular weight is 403 g/mol. The first kappa shape index (κ1) is 19.1. The number of fused-ring (bicyclic) bond motifs is 1. The summed E-state index contributed by atoms with van der Waals surface area (Å²) in [6, 6.07) is 4.01. The molecule has 0 aliphatic rings. The van der Waals surface area contributed by atoms with E-state index < -0.39 is 0 Å². The van der Waals surface area contributed by atoms with E-state index in [-0.39, 0.29) is 18.4 Å². The van der Waals surface area contributed by atoms with Crippen LogP contribution >= 0.6 is 22.9 Å². The van der Waals surface area contributed by atoms with Gasteiger partial charge >= 0.3 is 0 Å². The van der Waals surface area contributed by atoms with Crippen LogP contribution in [-0.2, 0) is 9.59 Å². The Kier molecular flexibility index (Phi) is 5.62. The van der Waals surface area contributed by atoms with Crippen LogP contribution in [0.1, 0.15) is 22.4 Å². The molecule has 0 saturated carbocycles. The van der Waals surface area contributed by atoms with Crippen LogP contribution in [0.4, 0.5) is 5.69 Å². The molecule has 0 spiro atoms. The van der Waals surface area contributed by atoms with Gasteiger partial charge in [-0.15, -0.1) is 11.3 Å². The monoisotopic (exact) mass is 402 g/mol. The molecule has 2 heterocycles. The van der Waals surface area contributed by atoms with Crippen LogP contribution in [0, 0.1) is 20.8 Å². The van der Waals surface area contributed by atoms with Crippen molar-refractivity contribution in [2.75, 3.05) is 11.9 Å². The summed E-state index contributed by atoms with van der Waals surface area (Å²) in [7, 11) is 0. The molecule has 2 amide bonds. The third-order valence-corrected chi connectivity index (χ3v) is 5.05. The van der Waals surface area contributed by atoms with E-state index in [2.05, 4.69) is 15.6 Å². The number of amides is 2. The molecule has 140 valence electrons. The zero-order chi connectivity index (χ0) is 19.6. The van der Waals surface area contributed by atoms with E-state index in [0.717, 1.165) is 27.3 Å². The van der Waals surface area contributed by atoms with E-state index in [1.54, 1.807) is 10.5 Å². The predicted octanol–water partition coefficient (Wildman–Crippen LogP) is 3.74. The topological polar surface area (TPSA) is 75.5 Å². The summed E-state index contributed by atoms with van der Waals surface area (Å²) in [6.07, 6.45) is 4.75. The Hall–Kier alpha value is -2.64. The Morgan fingerprint density at radius 2 is 1.96 bits per heavy atom. The molecule has 8 heteroatoms. The van der Waals surface area contributed by atoms with Crippen LogP contribution in [0.2, 0.25) is 5.15 Å². The smallest absolute Gasteiger partial charge is 0.244 e. The van der Waals surface area contributed by atoms with Crippen LogP contribution in [0.3, 0.4) is 0 Å². The van der Waals surface area contributed by atoms with E-state index in [1.807, 2.05) is 44.5 Å². The van der Waals surface area contributed by atoms with E-state index >= 15 is 0 Å². The van der Waals surface area contributed by atoms with Gasteiger partial charge in [0.2, 0.25) is 11.8 Å². The van der Waals surface area contributed by atoms with Gasteiger partial charge in [-0.25, -0.2) is 4.98 Å². The molecule has 3 aromatic rings. The number of rotatable bonds is 5. The lowest BCUT2D eigenvalue weighted by molar-refractivity contribution is -0.121. The molecule has 1 aromatic carbocycles. The summed E-state index contributed by atoms with van der Waals surface area (Å²) >= 11 is 7.53. The summed E-state index contributed by atoms with van der Waals surface area (Å²) in [4.78, 5) is 29.1. The van der Waals surface area contributed by atoms with Crippen LogP contribution in [0.15, 0.2) is 29.8 Å². The second kappa shape index (κ2) is 7.94. The minimum atomic E-state index is -0.385. The van der Waals surface area contributed by atoms with Gasteiger partial charge in [-0.1, -0.05) is 29.3 Å². The lowest BCUT2D eigenvalue weighted by Crippen LogP contribution is -2.32. The van der Waals surface area contributed by atoms with Crippen molar-refractivity contribution in [3.05, 3.63) is 57.3 Å². The molecule has 27 heavy (non-hydrogen) atoms. The van der Waals surface area contributed by atoms with E-state index in [9.17, 15) is 9.59 Å². The Morgan fingerprint density at radius 3 is 2.67 bits per heavy atom. The lowest BCUT2D eigenvalue weighted by atomic mass is 10.1.